The van der Waals surface area contributed by atoms with Gasteiger partial charge in [-0.1, -0.05) is 13.8 Å². The van der Waals surface area contributed by atoms with Gasteiger partial charge in [-0.05, 0) is 32.6 Å². The molecule has 0 radical (unpaired) electrons. The van der Waals surface area contributed by atoms with E-state index in [-0.39, 0.29) is 5.78 Å². The molecule has 0 unspecified atom stereocenters. The number of hydrogen-bond acceptors (Lipinski definition) is 2. The number of alkyl halides is 1. The summed E-state index contributed by atoms with van der Waals surface area (Å²) in [7, 11) is 0. The molecule has 0 N–H and O–H groups in total. The first-order chi connectivity index (χ1) is 7.30. The summed E-state index contributed by atoms with van der Waals surface area (Å²) >= 11 is 0. The molecule has 1 aliphatic rings. The number of hydrogen-bond donors (Lipinski definition) is 0. The van der Waals surface area contributed by atoms with Crippen molar-refractivity contribution in [2.45, 2.75) is 46.2 Å². The van der Waals surface area contributed by atoms with Crippen LogP contribution in [0, 0.1) is 5.92 Å². The van der Waals surface area contributed by atoms with Gasteiger partial charge in [-0.25, -0.2) is 4.39 Å². The molecule has 16 heavy (non-hydrogen) atoms. The highest BCUT2D eigenvalue weighted by atomic mass is 19.1. The Morgan fingerprint density at radius 2 is 2.19 bits per heavy atom. The molecule has 0 aliphatic carbocycles. The van der Waals surface area contributed by atoms with E-state index in [2.05, 4.69) is 18.7 Å². The Kier molecular flexibility index (Phi) is 4.11. The lowest BCUT2D eigenvalue weighted by Gasteiger charge is -2.29. The normalized spacial score (nSPS) is 17.6. The van der Waals surface area contributed by atoms with Gasteiger partial charge >= 0.3 is 0 Å². The molecule has 0 aromatic rings. The van der Waals surface area contributed by atoms with Crippen molar-refractivity contribution in [3.05, 3.63) is 11.8 Å². The molecule has 0 aromatic heterocycles. The predicted octanol–water partition coefficient (Wildman–Crippen LogP) is 2.94. The number of halogens is 1. The summed E-state index contributed by atoms with van der Waals surface area (Å²) in [5.74, 6) is 0.199. The molecule has 0 bridgehead atoms. The monoisotopic (exact) mass is 227 g/mol. The lowest BCUT2D eigenvalue weighted by Crippen LogP contribution is -2.33. The molecule has 0 spiro atoms. The zero-order chi connectivity index (χ0) is 12.3. The summed E-state index contributed by atoms with van der Waals surface area (Å²) in [5.41, 5.74) is -1.11. The smallest absolute Gasteiger partial charge is 0.196 e. The van der Waals surface area contributed by atoms with Gasteiger partial charge in [0, 0.05) is 24.9 Å². The van der Waals surface area contributed by atoms with Gasteiger partial charge in [0.25, 0.3) is 0 Å². The van der Waals surface area contributed by atoms with Gasteiger partial charge in [-0.15, -0.1) is 0 Å². The first-order valence-electron chi connectivity index (χ1n) is 5.99. The van der Waals surface area contributed by atoms with Gasteiger partial charge in [0.05, 0.1) is 0 Å². The van der Waals surface area contributed by atoms with Gasteiger partial charge in [0.15, 0.2) is 11.5 Å². The highest BCUT2D eigenvalue weighted by molar-refractivity contribution is 6.01. The maximum Gasteiger partial charge on any atom is 0.196 e. The Balaban J connectivity index is 2.73. The van der Waals surface area contributed by atoms with E-state index in [0.717, 1.165) is 19.5 Å². The first-order valence-corrected chi connectivity index (χ1v) is 5.99. The maximum atomic E-state index is 13.5. The van der Waals surface area contributed by atoms with Crippen LogP contribution in [0.2, 0.25) is 0 Å². The number of carbonyl (C=O) groups is 1. The summed E-state index contributed by atoms with van der Waals surface area (Å²) in [6.45, 7) is 8.85. The fourth-order valence-electron chi connectivity index (χ4n) is 1.99. The van der Waals surface area contributed by atoms with E-state index in [0.29, 0.717) is 17.9 Å². The Hall–Kier alpha value is -0.860. The van der Waals surface area contributed by atoms with Crippen LogP contribution in [0.3, 0.4) is 0 Å². The molecule has 0 fully saturated rings. The Morgan fingerprint density at radius 1 is 1.56 bits per heavy atom. The molecule has 0 atom stereocenters. The third-order valence-electron chi connectivity index (χ3n) is 2.66. The van der Waals surface area contributed by atoms with Crippen LogP contribution in [0.5, 0.6) is 0 Å². The second-order valence-electron chi connectivity index (χ2n) is 5.45. The van der Waals surface area contributed by atoms with E-state index in [9.17, 15) is 9.18 Å². The van der Waals surface area contributed by atoms with E-state index in [1.165, 1.54) is 13.8 Å². The minimum atomic E-state index is -1.74. The number of allylic oxidation sites excluding steroid dienone is 1. The molecule has 0 saturated carbocycles. The molecule has 2 nitrogen and oxygen atoms in total. The minimum Gasteiger partial charge on any atom is -0.377 e. The van der Waals surface area contributed by atoms with E-state index in [1.807, 2.05) is 6.20 Å². The minimum absolute atomic E-state index is 0.360. The standard InChI is InChI=1S/C13H22FNO/c1-10(2)8-15-7-5-6-11(9-15)12(16)13(3,4)14/h9-10H,5-8H2,1-4H3. The topological polar surface area (TPSA) is 20.3 Å². The van der Waals surface area contributed by atoms with Crippen LogP contribution in [-0.2, 0) is 4.79 Å². The van der Waals surface area contributed by atoms with Gasteiger partial charge in [-0.3, -0.25) is 4.79 Å². The third kappa shape index (κ3) is 3.62. The summed E-state index contributed by atoms with van der Waals surface area (Å²) < 4.78 is 13.5. The molecule has 1 aliphatic heterocycles. The van der Waals surface area contributed by atoms with Crippen molar-refractivity contribution in [2.24, 2.45) is 5.92 Å². The number of ketones is 1. The third-order valence-corrected chi connectivity index (χ3v) is 2.66. The Labute approximate surface area is 97.5 Å². The van der Waals surface area contributed by atoms with E-state index >= 15 is 0 Å². The molecular formula is C13H22FNO. The predicted molar refractivity (Wildman–Crippen MR) is 63.9 cm³/mol. The average molecular weight is 227 g/mol. The van der Waals surface area contributed by atoms with Crippen molar-refractivity contribution in [1.29, 1.82) is 0 Å². The quantitative estimate of drug-likeness (QED) is 0.736. The van der Waals surface area contributed by atoms with Gasteiger partial charge in [-0.2, -0.15) is 0 Å². The molecule has 0 amide bonds. The summed E-state index contributed by atoms with van der Waals surface area (Å²) in [5, 5.41) is 0. The van der Waals surface area contributed by atoms with E-state index in [4.69, 9.17) is 0 Å². The van der Waals surface area contributed by atoms with Crippen LogP contribution < -0.4 is 0 Å². The Morgan fingerprint density at radius 3 is 2.69 bits per heavy atom. The molecule has 0 aromatic carbocycles. The second kappa shape index (κ2) is 4.98. The van der Waals surface area contributed by atoms with Crippen LogP contribution in [-0.4, -0.2) is 29.4 Å². The van der Waals surface area contributed by atoms with Gasteiger partial charge in [0.1, 0.15) is 0 Å². The van der Waals surface area contributed by atoms with Crippen molar-refractivity contribution in [3.63, 3.8) is 0 Å². The second-order valence-corrected chi connectivity index (χ2v) is 5.45. The number of nitrogens with zero attached hydrogens (tertiary/aromatic N) is 1. The van der Waals surface area contributed by atoms with Crippen LogP contribution >= 0.6 is 0 Å². The number of carbonyl (C=O) groups excluding carboxylic acids is 1. The zero-order valence-corrected chi connectivity index (χ0v) is 10.7. The van der Waals surface area contributed by atoms with Gasteiger partial charge < -0.3 is 4.90 Å². The largest absolute Gasteiger partial charge is 0.377 e. The van der Waals surface area contributed by atoms with Crippen LogP contribution in [0.4, 0.5) is 4.39 Å². The van der Waals surface area contributed by atoms with Crippen molar-refractivity contribution < 1.29 is 9.18 Å². The average Bonchev–Trinajstić information content (AvgIpc) is 2.14. The maximum absolute atomic E-state index is 13.5. The molecule has 1 heterocycles. The van der Waals surface area contributed by atoms with E-state index in [1.54, 1.807) is 0 Å². The van der Waals surface area contributed by atoms with Crippen molar-refractivity contribution in [3.8, 4) is 0 Å². The van der Waals surface area contributed by atoms with E-state index < -0.39 is 5.67 Å². The Bertz CT molecular complexity index is 289. The van der Waals surface area contributed by atoms with Crippen LogP contribution in [0.1, 0.15) is 40.5 Å². The van der Waals surface area contributed by atoms with Crippen molar-refractivity contribution in [2.75, 3.05) is 13.1 Å². The van der Waals surface area contributed by atoms with Crippen LogP contribution in [0.15, 0.2) is 11.8 Å². The highest BCUT2D eigenvalue weighted by Crippen LogP contribution is 2.23. The summed E-state index contributed by atoms with van der Waals surface area (Å²) in [6.07, 6.45) is 3.51. The lowest BCUT2D eigenvalue weighted by atomic mass is 9.94. The fourth-order valence-corrected chi connectivity index (χ4v) is 1.99. The highest BCUT2D eigenvalue weighted by Gasteiger charge is 2.30. The number of Topliss-reactive ketones (excluding diaryl/α,β-unsaturated/α-hetero) is 1. The lowest BCUT2D eigenvalue weighted by molar-refractivity contribution is -0.125. The van der Waals surface area contributed by atoms with Crippen molar-refractivity contribution in [1.82, 2.24) is 4.90 Å². The van der Waals surface area contributed by atoms with Crippen LogP contribution in [0.25, 0.3) is 0 Å². The number of rotatable bonds is 4. The first kappa shape index (κ1) is 13.2. The fraction of sp³-hybridized carbons (Fsp3) is 0.769. The molecule has 3 heteroatoms. The summed E-state index contributed by atoms with van der Waals surface area (Å²) in [4.78, 5) is 13.9. The van der Waals surface area contributed by atoms with Gasteiger partial charge in [0.2, 0.25) is 0 Å². The molecule has 0 saturated heterocycles. The molecular weight excluding hydrogens is 205 g/mol. The summed E-state index contributed by atoms with van der Waals surface area (Å²) in [6, 6.07) is 0. The molecule has 92 valence electrons. The zero-order valence-electron chi connectivity index (χ0n) is 10.7. The molecule has 1 rings (SSSR count). The SMILES string of the molecule is CC(C)CN1C=C(C(=O)C(C)(C)F)CCC1. The van der Waals surface area contributed by atoms with Crippen molar-refractivity contribution >= 4 is 5.78 Å².